The van der Waals surface area contributed by atoms with Crippen LogP contribution in [-0.4, -0.2) is 55.0 Å². The fraction of sp³-hybridized carbons (Fsp3) is 0.462. The summed E-state index contributed by atoms with van der Waals surface area (Å²) >= 11 is 0. The van der Waals surface area contributed by atoms with Crippen LogP contribution in [0.4, 0.5) is 4.39 Å². The number of nitrogens with zero attached hydrogens (tertiary/aromatic N) is 3. The third-order valence-electron chi connectivity index (χ3n) is 6.42. The highest BCUT2D eigenvalue weighted by Gasteiger charge is 2.35. The van der Waals surface area contributed by atoms with Crippen LogP contribution >= 0.6 is 0 Å². The molecular weight excluding hydrogens is 405 g/mol. The molecule has 0 N–H and O–H groups in total. The fourth-order valence-corrected chi connectivity index (χ4v) is 4.32. The van der Waals surface area contributed by atoms with Crippen molar-refractivity contribution in [3.63, 3.8) is 0 Å². The van der Waals surface area contributed by atoms with Crippen molar-refractivity contribution < 1.29 is 13.9 Å². The number of piperazine rings is 1. The van der Waals surface area contributed by atoms with Gasteiger partial charge in [-0.15, -0.1) is 0 Å². The second kappa shape index (κ2) is 11.1. The first-order chi connectivity index (χ1) is 15.4. The van der Waals surface area contributed by atoms with Gasteiger partial charge in [-0.2, -0.15) is 5.26 Å². The van der Waals surface area contributed by atoms with Crippen LogP contribution in [0.15, 0.2) is 54.6 Å². The molecule has 1 saturated heterocycles. The first-order valence-electron chi connectivity index (χ1n) is 11.3. The monoisotopic (exact) mass is 437 g/mol. The van der Waals surface area contributed by atoms with E-state index < -0.39 is 5.41 Å². The lowest BCUT2D eigenvalue weighted by atomic mass is 9.70. The Balaban J connectivity index is 1.44. The summed E-state index contributed by atoms with van der Waals surface area (Å²) in [6.45, 7) is 8.07. The van der Waals surface area contributed by atoms with Gasteiger partial charge in [0.25, 0.3) is 5.91 Å². The fourth-order valence-electron chi connectivity index (χ4n) is 4.32. The Labute approximate surface area is 190 Å². The number of amides is 1. The van der Waals surface area contributed by atoms with Gasteiger partial charge in [0.05, 0.1) is 11.5 Å². The molecule has 1 unspecified atom stereocenters. The SMILES string of the molecule is CC(C)C(C#N)(CCCN1CCN(C(=O)COc2ccc(F)cc2)CC1)c1ccccc1. The second-order valence-electron chi connectivity index (χ2n) is 8.67. The Bertz CT molecular complexity index is 903. The molecule has 1 fully saturated rings. The van der Waals surface area contributed by atoms with Crippen molar-refractivity contribution >= 4 is 5.91 Å². The minimum absolute atomic E-state index is 0.0399. The zero-order valence-electron chi connectivity index (χ0n) is 19.0. The van der Waals surface area contributed by atoms with Crippen molar-refractivity contribution in [2.45, 2.75) is 32.1 Å². The first kappa shape index (κ1) is 23.7. The molecule has 1 heterocycles. The van der Waals surface area contributed by atoms with E-state index in [1.807, 2.05) is 23.1 Å². The van der Waals surface area contributed by atoms with Crippen LogP contribution in [0.3, 0.4) is 0 Å². The Kier molecular flexibility index (Phi) is 8.24. The molecule has 5 nitrogen and oxygen atoms in total. The largest absolute Gasteiger partial charge is 0.484 e. The number of rotatable bonds is 9. The summed E-state index contributed by atoms with van der Waals surface area (Å²) in [5.41, 5.74) is 0.616. The zero-order chi connectivity index (χ0) is 23.0. The van der Waals surface area contributed by atoms with Crippen LogP contribution in [0.2, 0.25) is 0 Å². The molecule has 170 valence electrons. The van der Waals surface area contributed by atoms with Gasteiger partial charge in [0.1, 0.15) is 11.6 Å². The maximum atomic E-state index is 13.0. The summed E-state index contributed by atoms with van der Waals surface area (Å²) in [6, 6.07) is 18.4. The Morgan fingerprint density at radius 3 is 2.34 bits per heavy atom. The third kappa shape index (κ3) is 5.86. The van der Waals surface area contributed by atoms with Crippen molar-refractivity contribution in [3.8, 4) is 11.8 Å². The van der Waals surface area contributed by atoms with Gasteiger partial charge < -0.3 is 9.64 Å². The highest BCUT2D eigenvalue weighted by Crippen LogP contribution is 2.36. The zero-order valence-corrected chi connectivity index (χ0v) is 19.0. The molecule has 32 heavy (non-hydrogen) atoms. The van der Waals surface area contributed by atoms with Gasteiger partial charge in [-0.1, -0.05) is 44.2 Å². The van der Waals surface area contributed by atoms with E-state index in [9.17, 15) is 14.4 Å². The highest BCUT2D eigenvalue weighted by molar-refractivity contribution is 5.77. The summed E-state index contributed by atoms with van der Waals surface area (Å²) < 4.78 is 18.4. The minimum Gasteiger partial charge on any atom is -0.484 e. The number of ether oxygens (including phenoxy) is 1. The molecular formula is C26H32FN3O2. The van der Waals surface area contributed by atoms with Gasteiger partial charge >= 0.3 is 0 Å². The van der Waals surface area contributed by atoms with Crippen molar-refractivity contribution in [1.29, 1.82) is 5.26 Å². The van der Waals surface area contributed by atoms with E-state index in [2.05, 4.69) is 36.9 Å². The van der Waals surface area contributed by atoms with Gasteiger partial charge in [0, 0.05) is 26.2 Å². The molecule has 2 aromatic carbocycles. The number of halogens is 1. The maximum absolute atomic E-state index is 13.0. The molecule has 1 amide bonds. The van der Waals surface area contributed by atoms with Crippen LogP contribution in [0, 0.1) is 23.1 Å². The standard InChI is InChI=1S/C26H32FN3O2/c1-21(2)26(20-28,22-7-4-3-5-8-22)13-6-14-29-15-17-30(18-16-29)25(31)19-32-24-11-9-23(27)10-12-24/h3-5,7-12,21H,6,13-19H2,1-2H3. The molecule has 2 aromatic rings. The van der Waals surface area contributed by atoms with E-state index in [1.165, 1.54) is 24.3 Å². The molecule has 1 aliphatic rings. The van der Waals surface area contributed by atoms with Crippen LogP contribution in [0.1, 0.15) is 32.3 Å². The topological polar surface area (TPSA) is 56.6 Å². The number of hydrogen-bond donors (Lipinski definition) is 0. The second-order valence-corrected chi connectivity index (χ2v) is 8.67. The van der Waals surface area contributed by atoms with Crippen LogP contribution in [0.25, 0.3) is 0 Å². The lowest BCUT2D eigenvalue weighted by Crippen LogP contribution is -2.50. The highest BCUT2D eigenvalue weighted by atomic mass is 19.1. The number of carbonyl (C=O) groups is 1. The average molecular weight is 438 g/mol. The number of nitriles is 1. The van der Waals surface area contributed by atoms with Gasteiger partial charge in [-0.25, -0.2) is 4.39 Å². The van der Waals surface area contributed by atoms with E-state index in [-0.39, 0.29) is 24.2 Å². The molecule has 0 radical (unpaired) electrons. The molecule has 6 heteroatoms. The minimum atomic E-state index is -0.475. The van der Waals surface area contributed by atoms with Crippen molar-refractivity contribution in [3.05, 3.63) is 66.0 Å². The van der Waals surface area contributed by atoms with Gasteiger partial charge in [0.2, 0.25) is 0 Å². The molecule has 0 aromatic heterocycles. The lowest BCUT2D eigenvalue weighted by Gasteiger charge is -2.36. The maximum Gasteiger partial charge on any atom is 0.260 e. The van der Waals surface area contributed by atoms with E-state index in [4.69, 9.17) is 4.74 Å². The molecule has 0 spiro atoms. The third-order valence-corrected chi connectivity index (χ3v) is 6.42. The number of hydrogen-bond acceptors (Lipinski definition) is 4. The van der Waals surface area contributed by atoms with Crippen LogP contribution in [-0.2, 0) is 10.2 Å². The summed E-state index contributed by atoms with van der Waals surface area (Å²) in [6.07, 6.45) is 1.75. The van der Waals surface area contributed by atoms with Gasteiger partial charge in [-0.3, -0.25) is 9.69 Å². The quantitative estimate of drug-likeness (QED) is 0.589. The molecule has 0 saturated carbocycles. The predicted octanol–water partition coefficient (Wildman–Crippen LogP) is 4.25. The molecule has 1 aliphatic heterocycles. The summed E-state index contributed by atoms with van der Waals surface area (Å²) in [5.74, 6) is 0.332. The normalized spacial score (nSPS) is 16.4. The Morgan fingerprint density at radius 1 is 1.09 bits per heavy atom. The van der Waals surface area contributed by atoms with Crippen LogP contribution in [0.5, 0.6) is 5.75 Å². The summed E-state index contributed by atoms with van der Waals surface area (Å²) in [7, 11) is 0. The van der Waals surface area contributed by atoms with E-state index in [1.54, 1.807) is 0 Å². The van der Waals surface area contributed by atoms with Crippen LogP contribution < -0.4 is 4.74 Å². The first-order valence-corrected chi connectivity index (χ1v) is 11.3. The van der Waals surface area contributed by atoms with Crippen molar-refractivity contribution in [2.75, 3.05) is 39.3 Å². The average Bonchev–Trinajstić information content (AvgIpc) is 2.82. The van der Waals surface area contributed by atoms with Crippen molar-refractivity contribution in [1.82, 2.24) is 9.80 Å². The van der Waals surface area contributed by atoms with E-state index >= 15 is 0 Å². The number of benzene rings is 2. The lowest BCUT2D eigenvalue weighted by molar-refractivity contribution is -0.135. The summed E-state index contributed by atoms with van der Waals surface area (Å²) in [5, 5.41) is 10.0. The smallest absolute Gasteiger partial charge is 0.260 e. The summed E-state index contributed by atoms with van der Waals surface area (Å²) in [4.78, 5) is 16.6. The van der Waals surface area contributed by atoms with Gasteiger partial charge in [-0.05, 0) is 55.1 Å². The Hall–Kier alpha value is -2.91. The number of carbonyl (C=O) groups excluding carboxylic acids is 1. The molecule has 3 rings (SSSR count). The van der Waals surface area contributed by atoms with Crippen molar-refractivity contribution in [2.24, 2.45) is 5.92 Å². The predicted molar refractivity (Wildman–Crippen MR) is 123 cm³/mol. The van der Waals surface area contributed by atoms with E-state index in [0.717, 1.165) is 38.0 Å². The molecule has 0 aliphatic carbocycles. The van der Waals surface area contributed by atoms with E-state index in [0.29, 0.717) is 18.8 Å². The van der Waals surface area contributed by atoms with Gasteiger partial charge in [0.15, 0.2) is 6.61 Å². The molecule has 1 atom stereocenters. The Morgan fingerprint density at radius 2 is 1.75 bits per heavy atom. The molecule has 0 bridgehead atoms.